The number of ether oxygens (including phenoxy) is 1. The first-order valence-electron chi connectivity index (χ1n) is 5.62. The molecule has 0 heterocycles. The molecule has 0 aliphatic rings. The average Bonchev–Trinajstić information content (AvgIpc) is 2.37. The van der Waals surface area contributed by atoms with Crippen LogP contribution in [0.5, 0.6) is 5.75 Å². The zero-order valence-corrected chi connectivity index (χ0v) is 10.0. The summed E-state index contributed by atoms with van der Waals surface area (Å²) in [5.41, 5.74) is 1.98. The number of carbonyl (C=O) groups excluding carboxylic acids is 1. The Kier molecular flexibility index (Phi) is 3.72. The Morgan fingerprint density at radius 3 is 2.72 bits per heavy atom. The van der Waals surface area contributed by atoms with Gasteiger partial charge in [0.15, 0.2) is 0 Å². The summed E-state index contributed by atoms with van der Waals surface area (Å²) in [5, 5.41) is 0. The zero-order chi connectivity index (χ0) is 13.0. The number of rotatable bonds is 4. The minimum atomic E-state index is -0.291. The van der Waals surface area contributed by atoms with Crippen LogP contribution < -0.4 is 4.74 Å². The Hall–Kier alpha value is -2.16. The molecule has 0 saturated carbocycles. The van der Waals surface area contributed by atoms with E-state index < -0.39 is 0 Å². The average molecular weight is 244 g/mol. The lowest BCUT2D eigenvalue weighted by Gasteiger charge is -2.08. The molecule has 2 aromatic carbocycles. The molecule has 0 atom stereocenters. The van der Waals surface area contributed by atoms with Gasteiger partial charge in [-0.25, -0.2) is 4.39 Å². The van der Waals surface area contributed by atoms with Crippen molar-refractivity contribution in [3.63, 3.8) is 0 Å². The van der Waals surface area contributed by atoms with Gasteiger partial charge in [-0.05, 0) is 36.8 Å². The van der Waals surface area contributed by atoms with Gasteiger partial charge < -0.3 is 4.74 Å². The van der Waals surface area contributed by atoms with E-state index in [1.165, 1.54) is 6.07 Å². The van der Waals surface area contributed by atoms with Crippen LogP contribution in [0.25, 0.3) is 0 Å². The number of aldehydes is 1. The molecular weight excluding hydrogens is 231 g/mol. The third-order valence-corrected chi connectivity index (χ3v) is 2.56. The standard InChI is InChI=1S/C15H13FO2/c1-11-6-12(9-17)8-14(7-11)18-10-13-4-2-3-5-15(13)16/h2-9H,10H2,1H3. The van der Waals surface area contributed by atoms with E-state index >= 15 is 0 Å². The van der Waals surface area contributed by atoms with Crippen molar-refractivity contribution < 1.29 is 13.9 Å². The molecule has 0 spiro atoms. The fourth-order valence-corrected chi connectivity index (χ4v) is 1.70. The number of halogens is 1. The molecule has 0 saturated heterocycles. The second kappa shape index (κ2) is 5.45. The van der Waals surface area contributed by atoms with Crippen LogP contribution in [0.4, 0.5) is 4.39 Å². The second-order valence-corrected chi connectivity index (χ2v) is 4.08. The Balaban J connectivity index is 2.13. The Bertz CT molecular complexity index is 564. The molecular formula is C15H13FO2. The molecule has 0 bridgehead atoms. The van der Waals surface area contributed by atoms with Crippen LogP contribution in [0, 0.1) is 12.7 Å². The van der Waals surface area contributed by atoms with E-state index in [-0.39, 0.29) is 12.4 Å². The number of carbonyl (C=O) groups is 1. The minimum absolute atomic E-state index is 0.147. The van der Waals surface area contributed by atoms with E-state index in [2.05, 4.69) is 0 Å². The lowest BCUT2D eigenvalue weighted by atomic mass is 10.1. The van der Waals surface area contributed by atoms with E-state index in [4.69, 9.17) is 4.74 Å². The van der Waals surface area contributed by atoms with E-state index in [1.54, 1.807) is 30.3 Å². The van der Waals surface area contributed by atoms with E-state index in [1.807, 2.05) is 13.0 Å². The summed E-state index contributed by atoms with van der Waals surface area (Å²) >= 11 is 0. The van der Waals surface area contributed by atoms with Crippen molar-refractivity contribution >= 4 is 6.29 Å². The molecule has 0 aromatic heterocycles. The van der Waals surface area contributed by atoms with Crippen molar-refractivity contribution in [2.24, 2.45) is 0 Å². The molecule has 0 aliphatic carbocycles. The molecule has 2 rings (SSSR count). The van der Waals surface area contributed by atoms with Gasteiger partial charge in [0.2, 0.25) is 0 Å². The van der Waals surface area contributed by atoms with Gasteiger partial charge in [-0.2, -0.15) is 0 Å². The lowest BCUT2D eigenvalue weighted by Crippen LogP contribution is -1.99. The van der Waals surface area contributed by atoms with Crippen LogP contribution >= 0.6 is 0 Å². The lowest BCUT2D eigenvalue weighted by molar-refractivity contribution is 0.112. The molecule has 0 aliphatic heterocycles. The monoisotopic (exact) mass is 244 g/mol. The summed E-state index contributed by atoms with van der Waals surface area (Å²) in [7, 11) is 0. The second-order valence-electron chi connectivity index (χ2n) is 4.08. The normalized spacial score (nSPS) is 10.1. The van der Waals surface area contributed by atoms with Gasteiger partial charge in [0, 0.05) is 11.1 Å². The molecule has 92 valence electrons. The van der Waals surface area contributed by atoms with E-state index in [0.717, 1.165) is 11.8 Å². The van der Waals surface area contributed by atoms with Gasteiger partial charge in [0.05, 0.1) is 0 Å². The molecule has 0 radical (unpaired) electrons. The molecule has 0 unspecified atom stereocenters. The van der Waals surface area contributed by atoms with Gasteiger partial charge in [-0.15, -0.1) is 0 Å². The largest absolute Gasteiger partial charge is 0.489 e. The van der Waals surface area contributed by atoms with Crippen LogP contribution in [0.1, 0.15) is 21.5 Å². The predicted octanol–water partition coefficient (Wildman–Crippen LogP) is 3.53. The van der Waals surface area contributed by atoms with Crippen molar-refractivity contribution in [2.75, 3.05) is 0 Å². The third-order valence-electron chi connectivity index (χ3n) is 2.56. The quantitative estimate of drug-likeness (QED) is 0.769. The molecule has 0 amide bonds. The summed E-state index contributed by atoms with van der Waals surface area (Å²) in [6, 6.07) is 11.7. The number of benzene rings is 2. The fraction of sp³-hybridized carbons (Fsp3) is 0.133. The van der Waals surface area contributed by atoms with Gasteiger partial charge in [0.1, 0.15) is 24.5 Å². The Morgan fingerprint density at radius 2 is 2.00 bits per heavy atom. The summed E-state index contributed by atoms with van der Waals surface area (Å²) in [5.74, 6) is 0.279. The first-order chi connectivity index (χ1) is 8.69. The first kappa shape index (κ1) is 12.3. The van der Waals surface area contributed by atoms with Crippen molar-refractivity contribution in [3.8, 4) is 5.75 Å². The smallest absolute Gasteiger partial charge is 0.150 e. The maximum absolute atomic E-state index is 13.4. The predicted molar refractivity (Wildman–Crippen MR) is 67.3 cm³/mol. The van der Waals surface area contributed by atoms with Gasteiger partial charge >= 0.3 is 0 Å². The molecule has 0 fully saturated rings. The maximum atomic E-state index is 13.4. The summed E-state index contributed by atoms with van der Waals surface area (Å²) < 4.78 is 18.9. The van der Waals surface area contributed by atoms with Crippen LogP contribution in [0.2, 0.25) is 0 Å². The van der Waals surface area contributed by atoms with Crippen molar-refractivity contribution in [1.82, 2.24) is 0 Å². The molecule has 18 heavy (non-hydrogen) atoms. The van der Waals surface area contributed by atoms with Crippen LogP contribution in [0.3, 0.4) is 0 Å². The topological polar surface area (TPSA) is 26.3 Å². The SMILES string of the molecule is Cc1cc(C=O)cc(OCc2ccccc2F)c1. The number of aryl methyl sites for hydroxylation is 1. The van der Waals surface area contributed by atoms with Gasteiger partial charge in [0.25, 0.3) is 0 Å². The van der Waals surface area contributed by atoms with E-state index in [0.29, 0.717) is 16.9 Å². The third kappa shape index (κ3) is 2.94. The summed E-state index contributed by atoms with van der Waals surface area (Å²) in [4.78, 5) is 10.7. The highest BCUT2D eigenvalue weighted by molar-refractivity contribution is 5.76. The van der Waals surface area contributed by atoms with Crippen molar-refractivity contribution in [3.05, 3.63) is 65.0 Å². The summed E-state index contributed by atoms with van der Waals surface area (Å²) in [6.07, 6.45) is 0.767. The highest BCUT2D eigenvalue weighted by Crippen LogP contribution is 2.18. The van der Waals surface area contributed by atoms with Crippen LogP contribution in [-0.2, 0) is 6.61 Å². The Labute approximate surface area is 105 Å². The fourth-order valence-electron chi connectivity index (χ4n) is 1.70. The highest BCUT2D eigenvalue weighted by Gasteiger charge is 2.03. The molecule has 2 nitrogen and oxygen atoms in total. The number of hydrogen-bond donors (Lipinski definition) is 0. The molecule has 3 heteroatoms. The molecule has 0 N–H and O–H groups in total. The maximum Gasteiger partial charge on any atom is 0.150 e. The highest BCUT2D eigenvalue weighted by atomic mass is 19.1. The zero-order valence-electron chi connectivity index (χ0n) is 10.0. The molecule has 2 aromatic rings. The first-order valence-corrected chi connectivity index (χ1v) is 5.62. The van der Waals surface area contributed by atoms with Gasteiger partial charge in [-0.1, -0.05) is 18.2 Å². The van der Waals surface area contributed by atoms with Crippen molar-refractivity contribution in [2.45, 2.75) is 13.5 Å². The van der Waals surface area contributed by atoms with Crippen LogP contribution in [-0.4, -0.2) is 6.29 Å². The Morgan fingerprint density at radius 1 is 1.22 bits per heavy atom. The van der Waals surface area contributed by atoms with Crippen LogP contribution in [0.15, 0.2) is 42.5 Å². The van der Waals surface area contributed by atoms with Gasteiger partial charge in [-0.3, -0.25) is 4.79 Å². The minimum Gasteiger partial charge on any atom is -0.489 e. The van der Waals surface area contributed by atoms with Crippen molar-refractivity contribution in [1.29, 1.82) is 0 Å². The number of hydrogen-bond acceptors (Lipinski definition) is 2. The van der Waals surface area contributed by atoms with E-state index in [9.17, 15) is 9.18 Å². The summed E-state index contributed by atoms with van der Waals surface area (Å²) in [6.45, 7) is 2.03.